The molecule has 0 fully saturated rings. The number of unbranched alkanes of at least 4 members (excludes halogenated alkanes) is 8. The van der Waals surface area contributed by atoms with E-state index >= 15 is 0 Å². The summed E-state index contributed by atoms with van der Waals surface area (Å²) < 4.78 is 0. The van der Waals surface area contributed by atoms with Gasteiger partial charge in [-0.3, -0.25) is 28.8 Å². The summed E-state index contributed by atoms with van der Waals surface area (Å²) in [7, 11) is 2.60. The molecule has 0 saturated carbocycles. The topological polar surface area (TPSA) is 303 Å². The second-order valence-corrected chi connectivity index (χ2v) is 15.6. The van der Waals surface area contributed by atoms with Crippen LogP contribution in [0.15, 0.2) is 30.3 Å². The van der Waals surface area contributed by atoms with Gasteiger partial charge in [0.05, 0.1) is 13.2 Å². The zero-order valence-electron chi connectivity index (χ0n) is 35.9. The van der Waals surface area contributed by atoms with E-state index in [-0.39, 0.29) is 34.6 Å². The molecule has 0 saturated heterocycles. The van der Waals surface area contributed by atoms with Crippen molar-refractivity contribution in [2.24, 2.45) is 0 Å². The standard InChI is InChI=1S/C42H61N7O13/c1-6-7-8-9-10-11-12-13-14-15-34(52)47(4)32(23-50)40(57)44-24(2)38(55)43-22-35(53)48(5)36-27-16-17-33(51)28(21-27)29-18-26(20-31(37(29)54)49(61)62)19-30(42(59)60)46-39(56)25(3)45-41(36)58/h16-18,20-21,24-25,30,32,36,49-51,54,61H,6-15,19,22-23H2,1-5H3,(H,43,55)(H,44,57)(H,45,58)(H,46,56)(H,59,60)/t24-,25+,30+,32-,36+/m1/s1. The molecule has 0 radical (unpaired) electrons. The quantitative estimate of drug-likeness (QED) is 0.0498. The first-order valence-electron chi connectivity index (χ1n) is 20.8. The number of amides is 6. The van der Waals surface area contributed by atoms with Crippen molar-refractivity contribution in [1.82, 2.24) is 31.1 Å². The van der Waals surface area contributed by atoms with Crippen molar-refractivity contribution in [1.29, 1.82) is 0 Å². The Kier molecular flexibility index (Phi) is 19.5. The van der Waals surface area contributed by atoms with Gasteiger partial charge in [0.15, 0.2) is 5.75 Å². The Balaban J connectivity index is 1.77. The first kappa shape index (κ1) is 50.5. The van der Waals surface area contributed by atoms with Gasteiger partial charge in [-0.25, -0.2) is 10.0 Å². The molecule has 6 amide bonds. The molecular weight excluding hydrogens is 810 g/mol. The van der Waals surface area contributed by atoms with Gasteiger partial charge < -0.3 is 56.7 Å². The number of hydrogen-bond acceptors (Lipinski definition) is 12. The van der Waals surface area contributed by atoms with Gasteiger partial charge >= 0.3 is 5.97 Å². The minimum atomic E-state index is -1.62. The van der Waals surface area contributed by atoms with Crippen molar-refractivity contribution < 1.29 is 64.4 Å². The summed E-state index contributed by atoms with van der Waals surface area (Å²) in [5, 5.41) is 71.7. The lowest BCUT2D eigenvalue weighted by Gasteiger charge is -2.30. The number of phenols is 2. The molecule has 20 heteroatoms. The molecule has 10 N–H and O–H groups in total. The molecule has 20 nitrogen and oxygen atoms in total. The number of carbonyl (C=O) groups excluding carboxylic acids is 6. The normalized spacial score (nSPS) is 17.9. The molecule has 2 aromatic carbocycles. The predicted octanol–water partition coefficient (Wildman–Crippen LogP) is 0.659. The Bertz CT molecular complexity index is 1930. The van der Waals surface area contributed by atoms with Crippen LogP contribution in [0.2, 0.25) is 0 Å². The number of aromatic hydroxyl groups is 2. The van der Waals surface area contributed by atoms with Crippen LogP contribution in [0.1, 0.15) is 102 Å². The third-order valence-electron chi connectivity index (χ3n) is 10.9. The van der Waals surface area contributed by atoms with E-state index in [1.165, 1.54) is 71.8 Å². The number of benzene rings is 2. The summed E-state index contributed by atoms with van der Waals surface area (Å²) in [5.74, 6) is -7.48. The van der Waals surface area contributed by atoms with E-state index in [1.807, 2.05) is 0 Å². The average molecular weight is 872 g/mol. The zero-order valence-corrected chi connectivity index (χ0v) is 35.9. The molecule has 6 atom stereocenters. The van der Waals surface area contributed by atoms with E-state index < -0.39 is 108 Å². The largest absolute Gasteiger partial charge is 0.595 e. The fraction of sp³-hybridized carbons (Fsp3) is 0.548. The Hall–Kier alpha value is -5.83. The number of rotatable bonds is 20. The molecule has 1 unspecified atom stereocenters. The third-order valence-corrected chi connectivity index (χ3v) is 10.9. The van der Waals surface area contributed by atoms with Crippen LogP contribution in [-0.4, -0.2) is 128 Å². The number of nitrogens with one attached hydrogen (secondary N) is 5. The fourth-order valence-corrected chi connectivity index (χ4v) is 7.04. The number of carbonyl (C=O) groups is 7. The maximum atomic E-state index is 13.9. The highest BCUT2D eigenvalue weighted by atomic mass is 16.8. The Morgan fingerprint density at radius 2 is 1.52 bits per heavy atom. The Morgan fingerprint density at radius 1 is 0.887 bits per heavy atom. The number of quaternary nitrogens is 1. The van der Waals surface area contributed by atoms with E-state index in [9.17, 15) is 64.4 Å². The van der Waals surface area contributed by atoms with Crippen LogP contribution in [-0.2, 0) is 40.0 Å². The minimum absolute atomic E-state index is 0.0133. The second kappa shape index (κ2) is 24.0. The highest BCUT2D eigenvalue weighted by Crippen LogP contribution is 2.41. The van der Waals surface area contributed by atoms with Gasteiger partial charge in [-0.15, -0.1) is 0 Å². The number of carboxylic acid groups (broad SMARTS) is 1. The van der Waals surface area contributed by atoms with Crippen molar-refractivity contribution >= 4 is 47.1 Å². The summed E-state index contributed by atoms with van der Waals surface area (Å²) in [5.41, 5.74) is -1.01. The lowest BCUT2D eigenvalue weighted by atomic mass is 9.93. The van der Waals surface area contributed by atoms with Gasteiger partial charge in [0.25, 0.3) is 0 Å². The Labute approximate surface area is 360 Å². The number of aliphatic hydroxyl groups is 1. The second-order valence-electron chi connectivity index (χ2n) is 15.6. The molecule has 342 valence electrons. The molecule has 1 heterocycles. The number of fused-ring (bicyclic) bond motifs is 5. The molecule has 1 aliphatic heterocycles. The number of aliphatic hydroxyl groups excluding tert-OH is 1. The van der Waals surface area contributed by atoms with Crippen LogP contribution in [0.25, 0.3) is 11.1 Å². The zero-order chi connectivity index (χ0) is 46.3. The summed E-state index contributed by atoms with van der Waals surface area (Å²) in [6, 6.07) is -1.24. The van der Waals surface area contributed by atoms with E-state index in [2.05, 4.69) is 28.2 Å². The molecule has 3 rings (SSSR count). The average Bonchev–Trinajstić information content (AvgIpc) is 3.22. The van der Waals surface area contributed by atoms with Crippen LogP contribution in [0, 0.1) is 5.21 Å². The molecule has 0 aliphatic carbocycles. The molecule has 0 aromatic heterocycles. The van der Waals surface area contributed by atoms with Crippen molar-refractivity contribution in [2.45, 2.75) is 122 Å². The first-order chi connectivity index (χ1) is 29.3. The van der Waals surface area contributed by atoms with Crippen LogP contribution in [0.4, 0.5) is 5.69 Å². The van der Waals surface area contributed by atoms with Gasteiger partial charge in [-0.2, -0.15) is 5.23 Å². The smallest absolute Gasteiger partial charge is 0.326 e. The van der Waals surface area contributed by atoms with Gasteiger partial charge in [0, 0.05) is 44.1 Å². The van der Waals surface area contributed by atoms with Crippen molar-refractivity contribution in [3.05, 3.63) is 46.7 Å². The van der Waals surface area contributed by atoms with Crippen LogP contribution >= 0.6 is 0 Å². The third kappa shape index (κ3) is 13.8. The van der Waals surface area contributed by atoms with Gasteiger partial charge in [-0.05, 0) is 49.6 Å². The monoisotopic (exact) mass is 871 g/mol. The number of carboxylic acids is 1. The Morgan fingerprint density at radius 3 is 2.11 bits per heavy atom. The number of nitrogens with zero attached hydrogens (tertiary/aromatic N) is 2. The number of hydrogen-bond donors (Lipinski definition) is 10. The lowest BCUT2D eigenvalue weighted by Crippen LogP contribution is -2.99. The molecule has 2 aromatic rings. The van der Waals surface area contributed by atoms with Gasteiger partial charge in [0.1, 0.15) is 36.0 Å². The number of phenolic OH excluding ortho intramolecular Hbond substituents is 2. The summed E-state index contributed by atoms with van der Waals surface area (Å²) in [6.07, 6.45) is 9.28. The molecule has 0 spiro atoms. The molecular formula is C42H61N7O13. The maximum Gasteiger partial charge on any atom is 0.326 e. The highest BCUT2D eigenvalue weighted by molar-refractivity contribution is 5.96. The van der Waals surface area contributed by atoms with E-state index in [4.69, 9.17) is 0 Å². The van der Waals surface area contributed by atoms with Gasteiger partial charge in [-0.1, -0.05) is 64.4 Å². The summed E-state index contributed by atoms with van der Waals surface area (Å²) >= 11 is 0. The first-order valence-corrected chi connectivity index (χ1v) is 20.8. The highest BCUT2D eigenvalue weighted by Gasteiger charge is 2.34. The van der Waals surface area contributed by atoms with Crippen molar-refractivity contribution in [3.8, 4) is 22.6 Å². The predicted molar refractivity (Wildman–Crippen MR) is 223 cm³/mol. The summed E-state index contributed by atoms with van der Waals surface area (Å²) in [6.45, 7) is 3.33. The summed E-state index contributed by atoms with van der Waals surface area (Å²) in [4.78, 5) is 93.9. The molecule has 4 bridgehead atoms. The fourth-order valence-electron chi connectivity index (χ4n) is 7.04. The number of aliphatic carboxylic acids is 1. The number of likely N-dealkylation sites (N-methyl/N-ethyl adjacent to an activating group) is 2. The van der Waals surface area contributed by atoms with Crippen LogP contribution < -0.4 is 26.5 Å². The lowest BCUT2D eigenvalue weighted by molar-refractivity contribution is -0.991. The molecule has 62 heavy (non-hydrogen) atoms. The van der Waals surface area contributed by atoms with E-state index in [0.717, 1.165) is 47.6 Å². The SMILES string of the molecule is CCCCCCCCCCCC(=O)N(C)[C@H](CO)C(=O)N[C@H](C)C(=O)NCC(=O)N(C)[C@@H]1C(=O)N[C@@H](C)C(=O)N[C@H](C(=O)O)Cc2cc(c(O)c([NH+]([O-])O)c2)-c2cc1ccc2O. The molecule has 1 aliphatic rings. The minimum Gasteiger partial charge on any atom is -0.595 e. The van der Waals surface area contributed by atoms with Crippen molar-refractivity contribution in [2.75, 3.05) is 27.2 Å². The van der Waals surface area contributed by atoms with E-state index in [1.54, 1.807) is 0 Å². The van der Waals surface area contributed by atoms with Crippen LogP contribution in [0.3, 0.4) is 0 Å². The van der Waals surface area contributed by atoms with Gasteiger partial charge in [0.2, 0.25) is 41.1 Å². The van der Waals surface area contributed by atoms with Crippen LogP contribution in [0.5, 0.6) is 11.5 Å². The van der Waals surface area contributed by atoms with Crippen molar-refractivity contribution in [3.63, 3.8) is 0 Å². The maximum absolute atomic E-state index is 13.9. The van der Waals surface area contributed by atoms with E-state index in [0.29, 0.717) is 6.42 Å².